The molecule has 7 nitrogen and oxygen atoms in total. The van der Waals surface area contributed by atoms with Gasteiger partial charge in [0.2, 0.25) is 21.8 Å². The Morgan fingerprint density at radius 1 is 1.10 bits per heavy atom. The number of carbonyl (C=O) groups excluding carboxylic acids is 2. The molecule has 0 aliphatic carbocycles. The van der Waals surface area contributed by atoms with Gasteiger partial charge in [-0.2, -0.15) is 0 Å². The Morgan fingerprint density at radius 3 is 2.26 bits per heavy atom. The van der Waals surface area contributed by atoms with Gasteiger partial charge in [0.1, 0.15) is 12.6 Å². The van der Waals surface area contributed by atoms with Crippen LogP contribution in [0.25, 0.3) is 0 Å². The number of hydrogen-bond donors (Lipinski definition) is 1. The van der Waals surface area contributed by atoms with Crippen molar-refractivity contribution in [1.82, 2.24) is 10.2 Å². The fraction of sp³-hybridized carbons (Fsp3) is 0.364. The van der Waals surface area contributed by atoms with Gasteiger partial charge in [-0.1, -0.05) is 47.5 Å². The highest BCUT2D eigenvalue weighted by Gasteiger charge is 2.30. The zero-order chi connectivity index (χ0) is 23.3. The number of carbonyl (C=O) groups is 2. The van der Waals surface area contributed by atoms with Crippen molar-refractivity contribution in [3.8, 4) is 0 Å². The number of aryl methyl sites for hydroxylation is 2. The summed E-state index contributed by atoms with van der Waals surface area (Å²) in [4.78, 5) is 27.0. The topological polar surface area (TPSA) is 86.8 Å². The van der Waals surface area contributed by atoms with E-state index in [0.717, 1.165) is 21.7 Å². The van der Waals surface area contributed by atoms with Gasteiger partial charge in [-0.05, 0) is 44.0 Å². The molecule has 0 aromatic heterocycles. The Hall–Kier alpha value is -2.58. The highest BCUT2D eigenvalue weighted by atomic mass is 35.5. The summed E-state index contributed by atoms with van der Waals surface area (Å²) in [7, 11) is -2.30. The van der Waals surface area contributed by atoms with Crippen LogP contribution in [0.5, 0.6) is 0 Å². The Bertz CT molecular complexity index is 1050. The fourth-order valence-corrected chi connectivity index (χ4v) is 4.19. The molecule has 0 saturated carbocycles. The predicted molar refractivity (Wildman–Crippen MR) is 124 cm³/mol. The van der Waals surface area contributed by atoms with Crippen LogP contribution in [-0.2, 0) is 26.2 Å². The molecule has 0 saturated heterocycles. The molecule has 1 atom stereocenters. The van der Waals surface area contributed by atoms with Gasteiger partial charge < -0.3 is 10.2 Å². The quantitative estimate of drug-likeness (QED) is 0.649. The lowest BCUT2D eigenvalue weighted by atomic mass is 10.1. The van der Waals surface area contributed by atoms with Gasteiger partial charge in [-0.3, -0.25) is 13.9 Å². The Morgan fingerprint density at radius 2 is 1.71 bits per heavy atom. The third-order valence-corrected chi connectivity index (χ3v) is 6.37. The molecular weight excluding hydrogens is 438 g/mol. The molecule has 0 heterocycles. The Labute approximate surface area is 189 Å². The molecule has 2 aromatic carbocycles. The SMILES string of the molecule is CNC(=O)[C@@H](C)N(Cc1ccc(C)cc1)C(=O)CN(c1cc(Cl)ccc1C)S(C)(=O)=O. The van der Waals surface area contributed by atoms with Crippen molar-refractivity contribution in [2.24, 2.45) is 0 Å². The number of anilines is 1. The molecule has 0 fully saturated rings. The minimum absolute atomic E-state index is 0.166. The summed E-state index contributed by atoms with van der Waals surface area (Å²) in [5, 5.41) is 2.90. The van der Waals surface area contributed by atoms with Crippen LogP contribution < -0.4 is 9.62 Å². The molecule has 0 bridgehead atoms. The average molecular weight is 466 g/mol. The lowest BCUT2D eigenvalue weighted by molar-refractivity contribution is -0.139. The highest BCUT2D eigenvalue weighted by Crippen LogP contribution is 2.26. The summed E-state index contributed by atoms with van der Waals surface area (Å²) in [6.07, 6.45) is 1.03. The number of benzene rings is 2. The molecule has 1 N–H and O–H groups in total. The monoisotopic (exact) mass is 465 g/mol. The first-order chi connectivity index (χ1) is 14.4. The molecule has 0 spiro atoms. The second kappa shape index (κ2) is 10.2. The van der Waals surface area contributed by atoms with Crippen LogP contribution in [0.15, 0.2) is 42.5 Å². The van der Waals surface area contributed by atoms with Crippen molar-refractivity contribution < 1.29 is 18.0 Å². The van der Waals surface area contributed by atoms with Gasteiger partial charge in [0.15, 0.2) is 0 Å². The van der Waals surface area contributed by atoms with Crippen LogP contribution in [-0.4, -0.2) is 51.0 Å². The zero-order valence-corrected chi connectivity index (χ0v) is 19.9. The van der Waals surface area contributed by atoms with Crippen molar-refractivity contribution >= 4 is 39.1 Å². The number of nitrogens with zero attached hydrogens (tertiary/aromatic N) is 2. The van der Waals surface area contributed by atoms with E-state index in [-0.39, 0.29) is 12.5 Å². The summed E-state index contributed by atoms with van der Waals surface area (Å²) in [6, 6.07) is 11.7. The second-order valence-corrected chi connectivity index (χ2v) is 9.84. The van der Waals surface area contributed by atoms with Crippen molar-refractivity contribution in [3.05, 3.63) is 64.2 Å². The van der Waals surface area contributed by atoms with Crippen LogP contribution in [0.1, 0.15) is 23.6 Å². The molecule has 2 aromatic rings. The van der Waals surface area contributed by atoms with Crippen molar-refractivity contribution in [1.29, 1.82) is 0 Å². The number of rotatable bonds is 8. The molecule has 0 radical (unpaired) electrons. The van der Waals surface area contributed by atoms with Crippen LogP contribution >= 0.6 is 11.6 Å². The second-order valence-electron chi connectivity index (χ2n) is 7.50. The first kappa shape index (κ1) is 24.7. The number of likely N-dealkylation sites (N-methyl/N-ethyl adjacent to an activating group) is 1. The van der Waals surface area contributed by atoms with E-state index in [4.69, 9.17) is 11.6 Å². The smallest absolute Gasteiger partial charge is 0.244 e. The van der Waals surface area contributed by atoms with E-state index in [0.29, 0.717) is 16.3 Å². The summed E-state index contributed by atoms with van der Waals surface area (Å²) < 4.78 is 26.1. The Balaban J connectivity index is 2.42. The molecule has 9 heteroatoms. The normalized spacial score (nSPS) is 12.2. The lowest BCUT2D eigenvalue weighted by Gasteiger charge is -2.31. The van der Waals surface area contributed by atoms with Crippen LogP contribution in [0.2, 0.25) is 5.02 Å². The molecule has 2 rings (SSSR count). The van der Waals surface area contributed by atoms with Crippen molar-refractivity contribution in [2.75, 3.05) is 24.2 Å². The summed E-state index contributed by atoms with van der Waals surface area (Å²) >= 11 is 6.07. The number of nitrogens with one attached hydrogen (secondary N) is 1. The molecule has 31 heavy (non-hydrogen) atoms. The van der Waals surface area contributed by atoms with E-state index >= 15 is 0 Å². The number of halogens is 1. The number of sulfonamides is 1. The molecule has 2 amide bonds. The first-order valence-corrected chi connectivity index (χ1v) is 12.0. The fourth-order valence-electron chi connectivity index (χ4n) is 3.13. The van der Waals surface area contributed by atoms with Crippen molar-refractivity contribution in [3.63, 3.8) is 0 Å². The molecule has 0 aliphatic rings. The van der Waals surface area contributed by atoms with E-state index in [9.17, 15) is 18.0 Å². The van der Waals surface area contributed by atoms with Gasteiger partial charge in [-0.25, -0.2) is 8.42 Å². The van der Waals surface area contributed by atoms with E-state index in [1.54, 1.807) is 26.0 Å². The zero-order valence-electron chi connectivity index (χ0n) is 18.3. The van der Waals surface area contributed by atoms with Crippen molar-refractivity contribution in [2.45, 2.75) is 33.4 Å². The van der Waals surface area contributed by atoms with Crippen LogP contribution in [0.3, 0.4) is 0 Å². The standard InChI is InChI=1S/C22H28ClN3O4S/c1-15-6-9-18(10-7-15)13-25(17(3)22(28)24-4)21(27)14-26(31(5,29)30)20-12-19(23)11-8-16(20)2/h6-12,17H,13-14H2,1-5H3,(H,24,28)/t17-/m1/s1. The maximum atomic E-state index is 13.3. The third-order valence-electron chi connectivity index (χ3n) is 5.01. The van der Waals surface area contributed by atoms with Gasteiger partial charge in [0, 0.05) is 18.6 Å². The summed E-state index contributed by atoms with van der Waals surface area (Å²) in [6.45, 7) is 5.02. The Kier molecular flexibility index (Phi) is 8.08. The molecule has 0 aliphatic heterocycles. The first-order valence-electron chi connectivity index (χ1n) is 9.74. The van der Waals surface area contributed by atoms with Crippen LogP contribution in [0.4, 0.5) is 5.69 Å². The van der Waals surface area contributed by atoms with Gasteiger partial charge >= 0.3 is 0 Å². The predicted octanol–water partition coefficient (Wildman–Crippen LogP) is 2.89. The van der Waals surface area contributed by atoms with E-state index in [2.05, 4.69) is 5.32 Å². The van der Waals surface area contributed by atoms with Gasteiger partial charge in [-0.15, -0.1) is 0 Å². The maximum absolute atomic E-state index is 13.3. The minimum atomic E-state index is -3.79. The van der Waals surface area contributed by atoms with Crippen LogP contribution in [0, 0.1) is 13.8 Å². The highest BCUT2D eigenvalue weighted by molar-refractivity contribution is 7.92. The number of amides is 2. The minimum Gasteiger partial charge on any atom is -0.357 e. The molecule has 168 valence electrons. The van der Waals surface area contributed by atoms with E-state index in [1.165, 1.54) is 18.0 Å². The third kappa shape index (κ3) is 6.45. The van der Waals surface area contributed by atoms with Gasteiger partial charge in [0.25, 0.3) is 0 Å². The lowest BCUT2D eigenvalue weighted by Crippen LogP contribution is -2.50. The summed E-state index contributed by atoms with van der Waals surface area (Å²) in [5.41, 5.74) is 2.89. The average Bonchev–Trinajstić information content (AvgIpc) is 2.71. The largest absolute Gasteiger partial charge is 0.357 e. The van der Waals surface area contributed by atoms with E-state index in [1.807, 2.05) is 31.2 Å². The summed E-state index contributed by atoms with van der Waals surface area (Å²) in [5.74, 6) is -0.841. The number of hydrogen-bond acceptors (Lipinski definition) is 4. The molecular formula is C22H28ClN3O4S. The maximum Gasteiger partial charge on any atom is 0.244 e. The molecule has 0 unspecified atom stereocenters. The van der Waals surface area contributed by atoms with E-state index < -0.39 is 28.5 Å². The van der Waals surface area contributed by atoms with Gasteiger partial charge in [0.05, 0.1) is 11.9 Å².